The first-order chi connectivity index (χ1) is 14.0. The Bertz CT molecular complexity index is 1090. The molecule has 0 radical (unpaired) electrons. The molecule has 4 rings (SSSR count). The SMILES string of the molecule is CC(Sc1nc2ccccc2c(=O)n1-c1ccc(F)cc1)C(=O)N1CCOCC1. The first kappa shape index (κ1) is 19.6. The molecule has 2 aromatic carbocycles. The average molecular weight is 413 g/mol. The highest BCUT2D eigenvalue weighted by Crippen LogP contribution is 2.26. The van der Waals surface area contributed by atoms with Gasteiger partial charge in [-0.15, -0.1) is 0 Å². The number of ether oxygens (including phenoxy) is 1. The maximum Gasteiger partial charge on any atom is 0.266 e. The molecule has 0 spiro atoms. The van der Waals surface area contributed by atoms with E-state index in [-0.39, 0.29) is 17.3 Å². The fraction of sp³-hybridized carbons (Fsp3) is 0.286. The number of carbonyl (C=O) groups excluding carboxylic acids is 1. The topological polar surface area (TPSA) is 64.4 Å². The van der Waals surface area contributed by atoms with E-state index in [1.807, 2.05) is 6.07 Å². The van der Waals surface area contributed by atoms with Crippen molar-refractivity contribution in [1.82, 2.24) is 14.5 Å². The highest BCUT2D eigenvalue weighted by Gasteiger charge is 2.25. The van der Waals surface area contributed by atoms with Gasteiger partial charge in [0.15, 0.2) is 5.16 Å². The number of para-hydroxylation sites is 1. The average Bonchev–Trinajstić information content (AvgIpc) is 2.75. The summed E-state index contributed by atoms with van der Waals surface area (Å²) in [6.45, 7) is 3.97. The summed E-state index contributed by atoms with van der Waals surface area (Å²) >= 11 is 1.23. The van der Waals surface area contributed by atoms with E-state index in [4.69, 9.17) is 4.74 Å². The summed E-state index contributed by atoms with van der Waals surface area (Å²) < 4.78 is 20.2. The van der Waals surface area contributed by atoms with Crippen molar-refractivity contribution in [1.29, 1.82) is 0 Å². The number of halogens is 1. The van der Waals surface area contributed by atoms with Gasteiger partial charge < -0.3 is 9.64 Å². The molecule has 1 aliphatic rings. The molecule has 0 saturated carbocycles. The Hall–Kier alpha value is -2.71. The normalized spacial score (nSPS) is 15.4. The van der Waals surface area contributed by atoms with Crippen molar-refractivity contribution in [2.75, 3.05) is 26.3 Å². The third kappa shape index (κ3) is 4.04. The van der Waals surface area contributed by atoms with Gasteiger partial charge in [-0.3, -0.25) is 14.2 Å². The maximum absolute atomic E-state index is 13.4. The molecule has 29 heavy (non-hydrogen) atoms. The molecular weight excluding hydrogens is 393 g/mol. The van der Waals surface area contributed by atoms with Crippen LogP contribution in [0.1, 0.15) is 6.92 Å². The van der Waals surface area contributed by atoms with Crippen molar-refractivity contribution < 1.29 is 13.9 Å². The van der Waals surface area contributed by atoms with Gasteiger partial charge in [0, 0.05) is 13.1 Å². The van der Waals surface area contributed by atoms with Gasteiger partial charge in [-0.1, -0.05) is 23.9 Å². The summed E-state index contributed by atoms with van der Waals surface area (Å²) in [6, 6.07) is 12.7. The molecule has 8 heteroatoms. The molecule has 1 amide bonds. The quantitative estimate of drug-likeness (QED) is 0.486. The number of thioether (sulfide) groups is 1. The predicted molar refractivity (Wildman–Crippen MR) is 110 cm³/mol. The van der Waals surface area contributed by atoms with Crippen LogP contribution in [0, 0.1) is 5.82 Å². The largest absolute Gasteiger partial charge is 0.378 e. The van der Waals surface area contributed by atoms with Gasteiger partial charge in [-0.05, 0) is 43.3 Å². The zero-order valence-electron chi connectivity index (χ0n) is 15.9. The van der Waals surface area contributed by atoms with Gasteiger partial charge in [0.25, 0.3) is 5.56 Å². The van der Waals surface area contributed by atoms with Gasteiger partial charge in [-0.2, -0.15) is 0 Å². The summed E-state index contributed by atoms with van der Waals surface area (Å²) in [5.74, 6) is -0.410. The molecule has 0 aliphatic carbocycles. The smallest absolute Gasteiger partial charge is 0.266 e. The Labute approximate surface area is 171 Å². The molecule has 1 aliphatic heterocycles. The van der Waals surface area contributed by atoms with Crippen LogP contribution in [0.5, 0.6) is 0 Å². The minimum Gasteiger partial charge on any atom is -0.378 e. The van der Waals surface area contributed by atoms with E-state index in [2.05, 4.69) is 4.98 Å². The fourth-order valence-corrected chi connectivity index (χ4v) is 4.27. The lowest BCUT2D eigenvalue weighted by atomic mass is 10.2. The number of fused-ring (bicyclic) bond motifs is 1. The molecule has 3 aromatic rings. The highest BCUT2D eigenvalue weighted by molar-refractivity contribution is 8.00. The molecule has 1 atom stereocenters. The Morgan fingerprint density at radius 3 is 2.55 bits per heavy atom. The third-order valence-electron chi connectivity index (χ3n) is 4.78. The van der Waals surface area contributed by atoms with Crippen LogP contribution in [0.25, 0.3) is 16.6 Å². The van der Waals surface area contributed by atoms with Crippen molar-refractivity contribution >= 4 is 28.6 Å². The molecule has 150 valence electrons. The molecule has 0 N–H and O–H groups in total. The number of carbonyl (C=O) groups is 1. The van der Waals surface area contributed by atoms with Gasteiger partial charge in [0.2, 0.25) is 5.91 Å². The first-order valence-corrected chi connectivity index (χ1v) is 10.2. The molecule has 1 unspecified atom stereocenters. The van der Waals surface area contributed by atoms with E-state index < -0.39 is 5.25 Å². The first-order valence-electron chi connectivity index (χ1n) is 9.35. The maximum atomic E-state index is 13.4. The van der Waals surface area contributed by atoms with E-state index in [9.17, 15) is 14.0 Å². The number of amides is 1. The van der Waals surface area contributed by atoms with Crippen molar-refractivity contribution in [3.05, 3.63) is 64.7 Å². The molecule has 1 fully saturated rings. The standard InChI is InChI=1S/C21H20FN3O3S/c1-14(19(26)24-10-12-28-13-11-24)29-21-23-18-5-3-2-4-17(18)20(27)25(21)16-8-6-15(22)7-9-16/h2-9,14H,10-13H2,1H3. The second-order valence-corrected chi connectivity index (χ2v) is 8.03. The van der Waals surface area contributed by atoms with Crippen LogP contribution in [0.2, 0.25) is 0 Å². The number of nitrogens with zero attached hydrogens (tertiary/aromatic N) is 3. The lowest BCUT2D eigenvalue weighted by Gasteiger charge is -2.29. The number of aromatic nitrogens is 2. The summed E-state index contributed by atoms with van der Waals surface area (Å²) in [5.41, 5.74) is 0.809. The number of hydrogen-bond donors (Lipinski definition) is 0. The molecule has 0 bridgehead atoms. The van der Waals surface area contributed by atoms with E-state index >= 15 is 0 Å². The Morgan fingerprint density at radius 1 is 1.14 bits per heavy atom. The van der Waals surface area contributed by atoms with Crippen LogP contribution in [0.4, 0.5) is 4.39 Å². The Kier molecular flexibility index (Phi) is 5.64. The predicted octanol–water partition coefficient (Wildman–Crippen LogP) is 2.86. The van der Waals surface area contributed by atoms with Crippen molar-refractivity contribution in [3.8, 4) is 5.69 Å². The van der Waals surface area contributed by atoms with Crippen LogP contribution < -0.4 is 5.56 Å². The molecule has 2 heterocycles. The Balaban J connectivity index is 1.75. The van der Waals surface area contributed by atoms with Crippen LogP contribution in [-0.2, 0) is 9.53 Å². The number of benzene rings is 2. The van der Waals surface area contributed by atoms with Gasteiger partial charge >= 0.3 is 0 Å². The minimum atomic E-state index is -0.437. The molecule has 1 aromatic heterocycles. The van der Waals surface area contributed by atoms with Crippen molar-refractivity contribution in [3.63, 3.8) is 0 Å². The number of morpholine rings is 1. The molecule has 1 saturated heterocycles. The zero-order valence-corrected chi connectivity index (χ0v) is 16.7. The van der Waals surface area contributed by atoms with Crippen LogP contribution >= 0.6 is 11.8 Å². The van der Waals surface area contributed by atoms with Gasteiger partial charge in [-0.25, -0.2) is 9.37 Å². The molecule has 6 nitrogen and oxygen atoms in total. The van der Waals surface area contributed by atoms with Gasteiger partial charge in [0.1, 0.15) is 5.82 Å². The van der Waals surface area contributed by atoms with Crippen LogP contribution in [-0.4, -0.2) is 51.9 Å². The summed E-state index contributed by atoms with van der Waals surface area (Å²) in [7, 11) is 0. The number of hydrogen-bond acceptors (Lipinski definition) is 5. The fourth-order valence-electron chi connectivity index (χ4n) is 3.26. The lowest BCUT2D eigenvalue weighted by Crippen LogP contribution is -2.44. The van der Waals surface area contributed by atoms with E-state index in [1.54, 1.807) is 30.0 Å². The van der Waals surface area contributed by atoms with Crippen molar-refractivity contribution in [2.24, 2.45) is 0 Å². The lowest BCUT2D eigenvalue weighted by molar-refractivity contribution is -0.134. The zero-order chi connectivity index (χ0) is 20.4. The second kappa shape index (κ2) is 8.34. The minimum absolute atomic E-state index is 0.0219. The summed E-state index contributed by atoms with van der Waals surface area (Å²) in [4.78, 5) is 32.4. The van der Waals surface area contributed by atoms with Gasteiger partial charge in [0.05, 0.1) is 35.1 Å². The number of rotatable bonds is 4. The Morgan fingerprint density at radius 2 is 1.83 bits per heavy atom. The molecular formula is C21H20FN3O3S. The second-order valence-electron chi connectivity index (χ2n) is 6.73. The van der Waals surface area contributed by atoms with Crippen LogP contribution in [0.15, 0.2) is 58.5 Å². The highest BCUT2D eigenvalue weighted by atomic mass is 32.2. The monoisotopic (exact) mass is 413 g/mol. The van der Waals surface area contributed by atoms with E-state index in [0.717, 1.165) is 0 Å². The van der Waals surface area contributed by atoms with Crippen molar-refractivity contribution in [2.45, 2.75) is 17.3 Å². The van der Waals surface area contributed by atoms with E-state index in [1.165, 1.54) is 40.6 Å². The van der Waals surface area contributed by atoms with E-state index in [0.29, 0.717) is 48.1 Å². The summed E-state index contributed by atoms with van der Waals surface area (Å²) in [5, 5.41) is 0.426. The third-order valence-corrected chi connectivity index (χ3v) is 5.82. The van der Waals surface area contributed by atoms with Crippen LogP contribution in [0.3, 0.4) is 0 Å². The summed E-state index contributed by atoms with van der Waals surface area (Å²) in [6.07, 6.45) is 0.